The number of nitrogens with zero attached hydrogens (tertiary/aromatic N) is 1. The Bertz CT molecular complexity index is 958. The summed E-state index contributed by atoms with van der Waals surface area (Å²) < 4.78 is 0. The maximum absolute atomic E-state index is 5.77. The quantitative estimate of drug-likeness (QED) is 0.293. The van der Waals surface area contributed by atoms with Crippen molar-refractivity contribution in [1.82, 2.24) is 4.98 Å². The topological polar surface area (TPSA) is 143 Å². The number of hydrogen-bond donors (Lipinski definition) is 5. The second kappa shape index (κ2) is 9.30. The average Bonchev–Trinajstić information content (AvgIpc) is 3.14. The summed E-state index contributed by atoms with van der Waals surface area (Å²) in [5.41, 5.74) is 31.9. The van der Waals surface area contributed by atoms with Gasteiger partial charge in [0.1, 0.15) is 0 Å². The molecule has 140 valence electrons. The van der Waals surface area contributed by atoms with Crippen LogP contribution < -0.4 is 28.7 Å². The molecule has 27 heavy (non-hydrogen) atoms. The van der Waals surface area contributed by atoms with Gasteiger partial charge in [-0.15, -0.1) is 11.3 Å². The summed E-state index contributed by atoms with van der Waals surface area (Å²) in [5.74, 6) is 0. The number of hydrogen-bond acceptors (Lipinski definition) is 7. The minimum absolute atomic E-state index is 0.634. The maximum atomic E-state index is 5.77. The van der Waals surface area contributed by atoms with Crippen molar-refractivity contribution in [3.63, 3.8) is 0 Å². The molecule has 1 heterocycles. The predicted octanol–water partition coefficient (Wildman–Crippen LogP) is 3.89. The minimum Gasteiger partial charge on any atom is -0.399 e. The van der Waals surface area contributed by atoms with Gasteiger partial charge in [0.05, 0.1) is 0 Å². The second-order valence-electron chi connectivity index (χ2n) is 5.78. The largest absolute Gasteiger partial charge is 0.399 e. The number of benzene rings is 3. The van der Waals surface area contributed by atoms with Gasteiger partial charge in [-0.25, -0.2) is 4.98 Å². The van der Waals surface area contributed by atoms with Crippen LogP contribution in [0.25, 0.3) is 10.8 Å². The lowest BCUT2D eigenvalue weighted by molar-refractivity contribution is 1.43. The van der Waals surface area contributed by atoms with Gasteiger partial charge in [0.15, 0.2) is 5.13 Å². The van der Waals surface area contributed by atoms with E-state index < -0.39 is 0 Å². The van der Waals surface area contributed by atoms with Gasteiger partial charge in [-0.05, 0) is 42.8 Å². The lowest BCUT2D eigenvalue weighted by atomic mass is 10.1. The molecule has 4 aromatic rings. The van der Waals surface area contributed by atoms with Crippen LogP contribution in [0.15, 0.2) is 66.2 Å². The Morgan fingerprint density at radius 3 is 1.67 bits per heavy atom. The number of rotatable bonds is 0. The van der Waals surface area contributed by atoms with E-state index in [1.165, 1.54) is 11.3 Å². The van der Waals surface area contributed by atoms with Crippen molar-refractivity contribution < 1.29 is 0 Å². The minimum atomic E-state index is 0.634. The molecule has 4 rings (SSSR count). The first-order valence-electron chi connectivity index (χ1n) is 8.17. The summed E-state index contributed by atoms with van der Waals surface area (Å²) in [6.45, 7) is 1.94. The molecule has 0 atom stereocenters. The Morgan fingerprint density at radius 2 is 1.30 bits per heavy atom. The molecule has 0 unspecified atom stereocenters. The molecule has 0 aliphatic carbocycles. The van der Waals surface area contributed by atoms with E-state index in [2.05, 4.69) is 4.98 Å². The molecule has 1 aromatic heterocycles. The van der Waals surface area contributed by atoms with Crippen LogP contribution in [0.1, 0.15) is 5.56 Å². The van der Waals surface area contributed by atoms with Gasteiger partial charge in [0.2, 0.25) is 0 Å². The summed E-state index contributed by atoms with van der Waals surface area (Å²) in [7, 11) is 0. The highest BCUT2D eigenvalue weighted by molar-refractivity contribution is 7.13. The van der Waals surface area contributed by atoms with Gasteiger partial charge in [0.25, 0.3) is 0 Å². The standard InChI is InChI=1S/C10H10N2.C7H10N2.C3H4N2S/c11-9-5-6-10(12)8-4-2-1-3-7(8)9;1-5-4-6(8)2-3-7(5)9;4-3-5-1-2-6-3/h1-6H,11-12H2;2-4H,8-9H2,1H3;1-2H,(H2,4,5). The van der Waals surface area contributed by atoms with Crippen molar-refractivity contribution in [2.45, 2.75) is 6.92 Å². The van der Waals surface area contributed by atoms with Crippen LogP contribution in [0, 0.1) is 6.92 Å². The SMILES string of the molecule is Cc1cc(N)ccc1N.Nc1ccc(N)c2ccccc12.Nc1nccs1. The average molecular weight is 381 g/mol. The van der Waals surface area contributed by atoms with E-state index in [1.54, 1.807) is 12.3 Å². The predicted molar refractivity (Wildman–Crippen MR) is 119 cm³/mol. The van der Waals surface area contributed by atoms with Crippen LogP contribution in [-0.4, -0.2) is 4.98 Å². The smallest absolute Gasteiger partial charge is 0.179 e. The molecule has 0 saturated heterocycles. The Hall–Kier alpha value is -3.45. The highest BCUT2D eigenvalue weighted by Gasteiger charge is 1.98. The highest BCUT2D eigenvalue weighted by atomic mass is 32.1. The Labute approximate surface area is 162 Å². The summed E-state index contributed by atoms with van der Waals surface area (Å²) in [4.78, 5) is 3.71. The zero-order valence-electron chi connectivity index (χ0n) is 15.1. The first-order valence-corrected chi connectivity index (χ1v) is 9.05. The van der Waals surface area contributed by atoms with Crippen LogP contribution in [0.3, 0.4) is 0 Å². The highest BCUT2D eigenvalue weighted by Crippen LogP contribution is 2.25. The Kier molecular flexibility index (Phi) is 6.85. The molecule has 3 aromatic carbocycles. The van der Waals surface area contributed by atoms with Crippen molar-refractivity contribution >= 4 is 50.0 Å². The van der Waals surface area contributed by atoms with Crippen molar-refractivity contribution in [3.05, 3.63) is 71.7 Å². The van der Waals surface area contributed by atoms with Crippen molar-refractivity contribution in [2.24, 2.45) is 0 Å². The third-order valence-electron chi connectivity index (χ3n) is 3.74. The second-order valence-corrected chi connectivity index (χ2v) is 6.70. The number of aromatic nitrogens is 1. The fourth-order valence-electron chi connectivity index (χ4n) is 2.28. The molecule has 0 aliphatic heterocycles. The molecule has 0 bridgehead atoms. The third-order valence-corrected chi connectivity index (χ3v) is 4.34. The molecule has 0 fully saturated rings. The number of fused-ring (bicyclic) bond motifs is 1. The van der Waals surface area contributed by atoms with Crippen LogP contribution in [0.4, 0.5) is 27.9 Å². The van der Waals surface area contributed by atoms with Gasteiger partial charge < -0.3 is 28.7 Å². The number of anilines is 5. The van der Waals surface area contributed by atoms with Gasteiger partial charge in [-0.3, -0.25) is 0 Å². The van der Waals surface area contributed by atoms with E-state index in [9.17, 15) is 0 Å². The van der Waals surface area contributed by atoms with Crippen molar-refractivity contribution in [2.75, 3.05) is 28.7 Å². The van der Waals surface area contributed by atoms with Crippen molar-refractivity contribution in [3.8, 4) is 0 Å². The molecule has 0 saturated carbocycles. The van der Waals surface area contributed by atoms with E-state index in [0.29, 0.717) is 5.13 Å². The van der Waals surface area contributed by atoms with Gasteiger partial charge >= 0.3 is 0 Å². The van der Waals surface area contributed by atoms with Crippen LogP contribution in [-0.2, 0) is 0 Å². The summed E-state index contributed by atoms with van der Waals surface area (Å²) in [5, 5.41) is 4.53. The lowest BCUT2D eigenvalue weighted by Gasteiger charge is -2.03. The molecule has 0 aliphatic rings. The third kappa shape index (κ3) is 5.79. The van der Waals surface area contributed by atoms with Crippen molar-refractivity contribution in [1.29, 1.82) is 0 Å². The molecular weight excluding hydrogens is 356 g/mol. The molecule has 6 nitrogen and oxygen atoms in total. The van der Waals surface area contributed by atoms with E-state index in [0.717, 1.165) is 39.1 Å². The van der Waals surface area contributed by atoms with E-state index in [4.69, 9.17) is 28.7 Å². The fraction of sp³-hybridized carbons (Fsp3) is 0.0500. The first kappa shape index (κ1) is 19.9. The molecule has 10 N–H and O–H groups in total. The van der Waals surface area contributed by atoms with Gasteiger partial charge in [0, 0.05) is 45.1 Å². The van der Waals surface area contributed by atoms with E-state index in [-0.39, 0.29) is 0 Å². The molecule has 0 radical (unpaired) electrons. The van der Waals surface area contributed by atoms with Gasteiger partial charge in [-0.2, -0.15) is 0 Å². The van der Waals surface area contributed by atoms with E-state index in [1.807, 2.05) is 60.8 Å². The molecule has 7 heteroatoms. The number of thiazole rings is 1. The Morgan fingerprint density at radius 1 is 0.741 bits per heavy atom. The summed E-state index contributed by atoms with van der Waals surface area (Å²) in [6.07, 6.45) is 1.68. The Balaban J connectivity index is 0.000000154. The van der Waals surface area contributed by atoms with Gasteiger partial charge in [-0.1, -0.05) is 24.3 Å². The molecule has 0 amide bonds. The molecular formula is C20H24N6S. The number of nitrogen functional groups attached to an aromatic ring is 5. The zero-order valence-corrected chi connectivity index (χ0v) is 15.9. The normalized spacial score (nSPS) is 9.67. The summed E-state index contributed by atoms with van der Waals surface area (Å²) in [6, 6.07) is 17.0. The van der Waals surface area contributed by atoms with Crippen LogP contribution >= 0.6 is 11.3 Å². The summed E-state index contributed by atoms with van der Waals surface area (Å²) >= 11 is 1.44. The number of aryl methyl sites for hydroxylation is 1. The number of nitrogens with two attached hydrogens (primary N) is 5. The monoisotopic (exact) mass is 380 g/mol. The maximum Gasteiger partial charge on any atom is 0.179 e. The fourth-order valence-corrected chi connectivity index (χ4v) is 2.66. The lowest BCUT2D eigenvalue weighted by Crippen LogP contribution is -1.91. The zero-order chi connectivity index (χ0) is 19.8. The van der Waals surface area contributed by atoms with E-state index >= 15 is 0 Å². The van der Waals surface area contributed by atoms with Crippen LogP contribution in [0.5, 0.6) is 0 Å². The van der Waals surface area contributed by atoms with Crippen LogP contribution in [0.2, 0.25) is 0 Å². The first-order chi connectivity index (χ1) is 12.9. The molecule has 0 spiro atoms.